The lowest BCUT2D eigenvalue weighted by atomic mass is 9.85. The van der Waals surface area contributed by atoms with Crippen molar-refractivity contribution in [3.05, 3.63) is 60.2 Å². The van der Waals surface area contributed by atoms with Crippen molar-refractivity contribution in [2.75, 3.05) is 43.1 Å². The molecule has 0 saturated carbocycles. The zero-order valence-electron chi connectivity index (χ0n) is 21.3. The van der Waals surface area contributed by atoms with Crippen molar-refractivity contribution in [3.8, 4) is 0 Å². The van der Waals surface area contributed by atoms with Crippen LogP contribution in [0.15, 0.2) is 54.6 Å². The van der Waals surface area contributed by atoms with Gasteiger partial charge in [-0.05, 0) is 49.4 Å². The first-order valence-corrected chi connectivity index (χ1v) is 13.0. The molecule has 0 atom stereocenters. The Balaban J connectivity index is 1.47. The van der Waals surface area contributed by atoms with E-state index in [1.165, 1.54) is 0 Å². The summed E-state index contributed by atoms with van der Waals surface area (Å²) in [6, 6.07) is 17.6. The number of nitrogens with one attached hydrogen (secondary N) is 2. The maximum absolute atomic E-state index is 13.8. The molecule has 2 fully saturated rings. The van der Waals surface area contributed by atoms with E-state index in [0.29, 0.717) is 39.1 Å². The van der Waals surface area contributed by atoms with Crippen molar-refractivity contribution in [2.45, 2.75) is 51.5 Å². The minimum atomic E-state index is -0.761. The third kappa shape index (κ3) is 5.32. The van der Waals surface area contributed by atoms with Gasteiger partial charge in [-0.3, -0.25) is 9.59 Å². The maximum atomic E-state index is 13.8. The highest BCUT2D eigenvalue weighted by atomic mass is 16.2. The van der Waals surface area contributed by atoms with Crippen LogP contribution in [-0.2, 0) is 16.0 Å². The number of piperidine rings is 1. The van der Waals surface area contributed by atoms with Crippen LogP contribution in [0.3, 0.4) is 0 Å². The average Bonchev–Trinajstić information content (AvgIpc) is 3.16. The molecule has 4 amide bonds. The Kier molecular flexibility index (Phi) is 8.13. The van der Waals surface area contributed by atoms with Gasteiger partial charge in [-0.1, -0.05) is 56.7 Å². The third-order valence-corrected chi connectivity index (χ3v) is 7.29. The smallest absolute Gasteiger partial charge is 0.321 e. The van der Waals surface area contributed by atoms with Crippen LogP contribution < -0.4 is 15.5 Å². The van der Waals surface area contributed by atoms with Gasteiger partial charge in [-0.25, -0.2) is 4.79 Å². The lowest BCUT2D eigenvalue weighted by Crippen LogP contribution is -2.58. The molecule has 0 aliphatic carbocycles. The van der Waals surface area contributed by atoms with Crippen LogP contribution in [0.1, 0.15) is 45.1 Å². The monoisotopic (exact) mass is 491 g/mol. The third-order valence-electron chi connectivity index (χ3n) is 7.29. The van der Waals surface area contributed by atoms with E-state index < -0.39 is 5.54 Å². The van der Waals surface area contributed by atoms with Crippen molar-refractivity contribution in [1.82, 2.24) is 15.1 Å². The molecule has 2 saturated heterocycles. The van der Waals surface area contributed by atoms with Gasteiger partial charge in [0.25, 0.3) is 5.91 Å². The summed E-state index contributed by atoms with van der Waals surface area (Å²) in [5.74, 6) is -0.165. The molecule has 0 bridgehead atoms. The Bertz CT molecular complexity index is 1070. The quantitative estimate of drug-likeness (QED) is 0.550. The summed E-state index contributed by atoms with van der Waals surface area (Å²) in [5, 5.41) is 5.97. The van der Waals surface area contributed by atoms with E-state index in [1.54, 1.807) is 9.80 Å². The van der Waals surface area contributed by atoms with Crippen LogP contribution in [-0.4, -0.2) is 66.0 Å². The Morgan fingerprint density at radius 2 is 1.67 bits per heavy atom. The molecule has 4 rings (SSSR count). The number of anilines is 2. The molecule has 0 unspecified atom stereocenters. The number of rotatable bonds is 8. The summed E-state index contributed by atoms with van der Waals surface area (Å²) in [6.07, 6.45) is 3.78. The molecule has 0 aromatic heterocycles. The van der Waals surface area contributed by atoms with Gasteiger partial charge in [-0.15, -0.1) is 0 Å². The molecule has 0 radical (unpaired) electrons. The van der Waals surface area contributed by atoms with Gasteiger partial charge in [0.05, 0.1) is 6.67 Å². The van der Waals surface area contributed by atoms with Crippen molar-refractivity contribution in [1.29, 1.82) is 0 Å². The SMILES string of the molecule is CCCCNC(=O)CN1CN(c2ccccc2)C2(CCN(C(=O)Nc3ccccc3CC)CC2)C1=O. The number of aryl methyl sites for hydroxylation is 1. The van der Waals surface area contributed by atoms with Crippen LogP contribution in [0.2, 0.25) is 0 Å². The first-order valence-electron chi connectivity index (χ1n) is 13.0. The highest BCUT2D eigenvalue weighted by molar-refractivity contribution is 5.97. The molecule has 1 spiro atoms. The molecule has 8 nitrogen and oxygen atoms in total. The number of likely N-dealkylation sites (tertiary alicyclic amines) is 1. The molecule has 2 N–H and O–H groups in total. The van der Waals surface area contributed by atoms with E-state index in [1.807, 2.05) is 54.6 Å². The van der Waals surface area contributed by atoms with Gasteiger partial charge >= 0.3 is 6.03 Å². The van der Waals surface area contributed by atoms with Crippen LogP contribution in [0.25, 0.3) is 0 Å². The minimum Gasteiger partial charge on any atom is -0.355 e. The lowest BCUT2D eigenvalue weighted by molar-refractivity contribution is -0.137. The predicted octanol–water partition coefficient (Wildman–Crippen LogP) is 3.84. The topological polar surface area (TPSA) is 85.0 Å². The number of carbonyl (C=O) groups excluding carboxylic acids is 3. The Morgan fingerprint density at radius 3 is 2.36 bits per heavy atom. The molecule has 2 aromatic carbocycles. The van der Waals surface area contributed by atoms with Gasteiger partial charge in [-0.2, -0.15) is 0 Å². The van der Waals surface area contributed by atoms with Crippen LogP contribution in [0.5, 0.6) is 0 Å². The fraction of sp³-hybridized carbons (Fsp3) is 0.464. The highest BCUT2D eigenvalue weighted by Gasteiger charge is 2.54. The van der Waals surface area contributed by atoms with E-state index in [9.17, 15) is 14.4 Å². The number of hydrogen-bond acceptors (Lipinski definition) is 4. The van der Waals surface area contributed by atoms with E-state index in [4.69, 9.17) is 0 Å². The van der Waals surface area contributed by atoms with Gasteiger partial charge in [0, 0.05) is 31.0 Å². The highest BCUT2D eigenvalue weighted by Crippen LogP contribution is 2.39. The zero-order chi connectivity index (χ0) is 25.5. The second-order valence-corrected chi connectivity index (χ2v) is 9.57. The fourth-order valence-corrected chi connectivity index (χ4v) is 5.18. The van der Waals surface area contributed by atoms with E-state index in [-0.39, 0.29) is 24.4 Å². The second kappa shape index (κ2) is 11.5. The maximum Gasteiger partial charge on any atom is 0.321 e. The van der Waals surface area contributed by atoms with Crippen LogP contribution in [0, 0.1) is 0 Å². The molecule has 8 heteroatoms. The summed E-state index contributed by atoms with van der Waals surface area (Å²) >= 11 is 0. The van der Waals surface area contributed by atoms with Gasteiger partial charge in [0.1, 0.15) is 12.1 Å². The molecular weight excluding hydrogens is 454 g/mol. The molecule has 2 aliphatic heterocycles. The number of amides is 4. The average molecular weight is 492 g/mol. The summed E-state index contributed by atoms with van der Waals surface area (Å²) in [4.78, 5) is 44.9. The van der Waals surface area contributed by atoms with Crippen LogP contribution in [0.4, 0.5) is 16.2 Å². The minimum absolute atomic E-state index is 0.0339. The zero-order valence-corrected chi connectivity index (χ0v) is 21.3. The number of hydrogen-bond donors (Lipinski definition) is 2. The van der Waals surface area contributed by atoms with Crippen molar-refractivity contribution in [2.24, 2.45) is 0 Å². The van der Waals surface area contributed by atoms with Gasteiger partial charge < -0.3 is 25.3 Å². The summed E-state index contributed by atoms with van der Waals surface area (Å²) in [5.41, 5.74) is 2.11. The second-order valence-electron chi connectivity index (χ2n) is 9.57. The molecule has 2 aliphatic rings. The van der Waals surface area contributed by atoms with Gasteiger partial charge in [0.15, 0.2) is 0 Å². The van der Waals surface area contributed by atoms with Crippen molar-refractivity contribution < 1.29 is 14.4 Å². The number of benzene rings is 2. The molecule has 2 aromatic rings. The summed E-state index contributed by atoms with van der Waals surface area (Å²) < 4.78 is 0. The van der Waals surface area contributed by atoms with E-state index in [0.717, 1.165) is 36.2 Å². The normalized spacial score (nSPS) is 16.9. The first-order chi connectivity index (χ1) is 17.5. The molecule has 2 heterocycles. The standard InChI is InChI=1S/C28H37N5O3/c1-3-5-17-29-25(34)20-32-21-33(23-12-7-6-8-13-23)28(26(32)35)15-18-31(19-16-28)27(36)30-24-14-10-9-11-22(24)4-2/h6-14H,3-5,15-21H2,1-2H3,(H,29,34)(H,30,36). The molecule has 36 heavy (non-hydrogen) atoms. The van der Waals surface area contributed by atoms with E-state index >= 15 is 0 Å². The van der Waals surface area contributed by atoms with E-state index in [2.05, 4.69) is 29.4 Å². The number of urea groups is 1. The van der Waals surface area contributed by atoms with Crippen molar-refractivity contribution in [3.63, 3.8) is 0 Å². The Morgan fingerprint density at radius 1 is 0.972 bits per heavy atom. The van der Waals surface area contributed by atoms with Crippen LogP contribution >= 0.6 is 0 Å². The Labute approximate surface area is 213 Å². The number of carbonyl (C=O) groups is 3. The van der Waals surface area contributed by atoms with Gasteiger partial charge in [0.2, 0.25) is 5.91 Å². The molecule has 192 valence electrons. The largest absolute Gasteiger partial charge is 0.355 e. The Hall–Kier alpha value is -3.55. The number of unbranched alkanes of at least 4 members (excludes halogenated alkanes) is 1. The molecular formula is C28H37N5O3. The number of para-hydroxylation sites is 2. The first kappa shape index (κ1) is 25.5. The van der Waals surface area contributed by atoms with Crippen molar-refractivity contribution >= 4 is 29.2 Å². The summed E-state index contributed by atoms with van der Waals surface area (Å²) in [7, 11) is 0. The fourth-order valence-electron chi connectivity index (χ4n) is 5.18. The summed E-state index contributed by atoms with van der Waals surface area (Å²) in [6.45, 7) is 6.10. The lowest BCUT2D eigenvalue weighted by Gasteiger charge is -2.43. The predicted molar refractivity (Wildman–Crippen MR) is 142 cm³/mol. The number of nitrogens with zero attached hydrogens (tertiary/aromatic N) is 3.